The Morgan fingerprint density at radius 3 is 2.50 bits per heavy atom. The van der Waals surface area contributed by atoms with Crippen LogP contribution in [0.5, 0.6) is 0 Å². The van der Waals surface area contributed by atoms with Crippen molar-refractivity contribution in [3.8, 4) is 0 Å². The zero-order valence-electron chi connectivity index (χ0n) is 10.7. The summed E-state index contributed by atoms with van der Waals surface area (Å²) in [5.74, 6) is -1.96. The van der Waals surface area contributed by atoms with E-state index in [-0.39, 0.29) is 18.1 Å². The van der Waals surface area contributed by atoms with Crippen LogP contribution in [0.4, 0.5) is 17.6 Å². The minimum atomic E-state index is -4.83. The number of esters is 1. The lowest BCUT2D eigenvalue weighted by Crippen LogP contribution is -2.14. The van der Waals surface area contributed by atoms with Crippen molar-refractivity contribution in [3.05, 3.63) is 35.1 Å². The molecule has 1 aromatic rings. The standard InChI is InChI=1S/C14H14F4O2/c15-12-6-5-10(7-11(12)14(16,17)18)13(19)20-8-9-3-1-2-4-9/h5-7,9H,1-4,8H2. The lowest BCUT2D eigenvalue weighted by molar-refractivity contribution is -0.140. The van der Waals surface area contributed by atoms with Crippen LogP contribution in [0.2, 0.25) is 0 Å². The monoisotopic (exact) mass is 290 g/mol. The van der Waals surface area contributed by atoms with E-state index < -0.39 is 23.5 Å². The SMILES string of the molecule is O=C(OCC1CCCC1)c1ccc(F)c(C(F)(F)F)c1. The van der Waals surface area contributed by atoms with Gasteiger partial charge in [0, 0.05) is 0 Å². The van der Waals surface area contributed by atoms with Crippen LogP contribution in [-0.4, -0.2) is 12.6 Å². The van der Waals surface area contributed by atoms with Gasteiger partial charge in [0.05, 0.1) is 17.7 Å². The first-order chi connectivity index (χ1) is 9.38. The fourth-order valence-corrected chi connectivity index (χ4v) is 2.32. The van der Waals surface area contributed by atoms with Crippen LogP contribution < -0.4 is 0 Å². The minimum Gasteiger partial charge on any atom is -0.462 e. The van der Waals surface area contributed by atoms with Crippen molar-refractivity contribution >= 4 is 5.97 Å². The summed E-state index contributed by atoms with van der Waals surface area (Å²) in [6.07, 6.45) is -0.741. The molecule has 2 rings (SSSR count). The second kappa shape index (κ2) is 5.81. The third-order valence-electron chi connectivity index (χ3n) is 3.43. The molecule has 1 fully saturated rings. The quantitative estimate of drug-likeness (QED) is 0.616. The van der Waals surface area contributed by atoms with E-state index in [4.69, 9.17) is 4.74 Å². The van der Waals surface area contributed by atoms with Crippen LogP contribution in [0.3, 0.4) is 0 Å². The molecular weight excluding hydrogens is 276 g/mol. The summed E-state index contributed by atoms with van der Waals surface area (Å²) in [7, 11) is 0. The largest absolute Gasteiger partial charge is 0.462 e. The number of halogens is 4. The number of ether oxygens (including phenoxy) is 1. The van der Waals surface area contributed by atoms with Gasteiger partial charge in [0.15, 0.2) is 0 Å². The van der Waals surface area contributed by atoms with Crippen molar-refractivity contribution in [1.82, 2.24) is 0 Å². The van der Waals surface area contributed by atoms with Crippen LogP contribution in [0.25, 0.3) is 0 Å². The van der Waals surface area contributed by atoms with Crippen LogP contribution >= 0.6 is 0 Å². The van der Waals surface area contributed by atoms with Gasteiger partial charge >= 0.3 is 12.1 Å². The number of carbonyl (C=O) groups excluding carboxylic acids is 1. The lowest BCUT2D eigenvalue weighted by atomic mass is 10.1. The van der Waals surface area contributed by atoms with Gasteiger partial charge < -0.3 is 4.74 Å². The van der Waals surface area contributed by atoms with Crippen LogP contribution in [0.1, 0.15) is 41.6 Å². The molecule has 1 aliphatic carbocycles. The third-order valence-corrected chi connectivity index (χ3v) is 3.43. The average Bonchev–Trinajstić information content (AvgIpc) is 2.88. The second-order valence-electron chi connectivity index (χ2n) is 4.94. The first-order valence-corrected chi connectivity index (χ1v) is 6.42. The maximum Gasteiger partial charge on any atom is 0.419 e. The Kier molecular flexibility index (Phi) is 4.30. The Bertz CT molecular complexity index is 490. The highest BCUT2D eigenvalue weighted by atomic mass is 19.4. The molecule has 2 nitrogen and oxygen atoms in total. The zero-order valence-corrected chi connectivity index (χ0v) is 10.7. The molecule has 0 heterocycles. The number of carbonyl (C=O) groups is 1. The molecule has 1 aliphatic rings. The van der Waals surface area contributed by atoms with Gasteiger partial charge in [-0.3, -0.25) is 0 Å². The molecule has 6 heteroatoms. The summed E-state index contributed by atoms with van der Waals surface area (Å²) in [5, 5.41) is 0. The topological polar surface area (TPSA) is 26.3 Å². The molecule has 110 valence electrons. The second-order valence-corrected chi connectivity index (χ2v) is 4.94. The van der Waals surface area contributed by atoms with Gasteiger partial charge in [-0.2, -0.15) is 13.2 Å². The fraction of sp³-hybridized carbons (Fsp3) is 0.500. The van der Waals surface area contributed by atoms with Gasteiger partial charge in [-0.1, -0.05) is 12.8 Å². The molecule has 0 unspecified atom stereocenters. The van der Waals surface area contributed by atoms with Crippen LogP contribution in [0, 0.1) is 11.7 Å². The molecule has 0 spiro atoms. The Morgan fingerprint density at radius 1 is 1.25 bits per heavy atom. The van der Waals surface area contributed by atoms with Crippen LogP contribution in [-0.2, 0) is 10.9 Å². The van der Waals surface area contributed by atoms with E-state index in [1.165, 1.54) is 0 Å². The molecule has 0 N–H and O–H groups in total. The third kappa shape index (κ3) is 3.49. The van der Waals surface area contributed by atoms with Gasteiger partial charge in [-0.05, 0) is 37.0 Å². The van der Waals surface area contributed by atoms with Gasteiger partial charge in [-0.25, -0.2) is 9.18 Å². The van der Waals surface area contributed by atoms with Crippen molar-refractivity contribution in [2.24, 2.45) is 5.92 Å². The molecule has 0 saturated heterocycles. The van der Waals surface area contributed by atoms with Gasteiger partial charge in [0.25, 0.3) is 0 Å². The molecule has 0 radical (unpaired) electrons. The normalized spacial score (nSPS) is 16.4. The Balaban J connectivity index is 2.06. The number of hydrogen-bond donors (Lipinski definition) is 0. The lowest BCUT2D eigenvalue weighted by Gasteiger charge is -2.12. The maximum atomic E-state index is 13.1. The number of hydrogen-bond acceptors (Lipinski definition) is 2. The van der Waals surface area contributed by atoms with Gasteiger partial charge in [0.2, 0.25) is 0 Å². The molecular formula is C14H14F4O2. The summed E-state index contributed by atoms with van der Waals surface area (Å²) in [6.45, 7) is 0.206. The highest BCUT2D eigenvalue weighted by molar-refractivity contribution is 5.89. The smallest absolute Gasteiger partial charge is 0.419 e. The Morgan fingerprint density at radius 2 is 1.90 bits per heavy atom. The summed E-state index contributed by atoms with van der Waals surface area (Å²) in [4.78, 5) is 11.7. The van der Waals surface area contributed by atoms with Crippen molar-refractivity contribution in [1.29, 1.82) is 0 Å². The van der Waals surface area contributed by atoms with E-state index in [9.17, 15) is 22.4 Å². The molecule has 1 saturated carbocycles. The van der Waals surface area contributed by atoms with E-state index in [0.717, 1.165) is 31.7 Å². The van der Waals surface area contributed by atoms with E-state index in [1.807, 2.05) is 0 Å². The molecule has 0 aliphatic heterocycles. The van der Waals surface area contributed by atoms with Crippen molar-refractivity contribution < 1.29 is 27.1 Å². The van der Waals surface area contributed by atoms with Gasteiger partial charge in [-0.15, -0.1) is 0 Å². The van der Waals surface area contributed by atoms with E-state index in [0.29, 0.717) is 12.1 Å². The highest BCUT2D eigenvalue weighted by Crippen LogP contribution is 2.32. The average molecular weight is 290 g/mol. The number of alkyl halides is 3. The molecule has 0 atom stereocenters. The molecule has 1 aromatic carbocycles. The summed E-state index contributed by atoms with van der Waals surface area (Å²) in [6, 6.07) is 2.13. The van der Waals surface area contributed by atoms with E-state index >= 15 is 0 Å². The number of benzene rings is 1. The summed E-state index contributed by atoms with van der Waals surface area (Å²) < 4.78 is 55.7. The Labute approximate surface area is 113 Å². The first-order valence-electron chi connectivity index (χ1n) is 6.42. The highest BCUT2D eigenvalue weighted by Gasteiger charge is 2.34. The van der Waals surface area contributed by atoms with Crippen molar-refractivity contribution in [3.63, 3.8) is 0 Å². The predicted octanol–water partition coefficient (Wildman–Crippen LogP) is 4.19. The zero-order chi connectivity index (χ0) is 14.8. The van der Waals surface area contributed by atoms with Crippen LogP contribution in [0.15, 0.2) is 18.2 Å². The predicted molar refractivity (Wildman–Crippen MR) is 63.6 cm³/mol. The molecule has 0 amide bonds. The summed E-state index contributed by atoms with van der Waals surface area (Å²) in [5.41, 5.74) is -1.73. The molecule has 0 aromatic heterocycles. The minimum absolute atomic E-state index is 0.206. The van der Waals surface area contributed by atoms with E-state index in [2.05, 4.69) is 0 Å². The first kappa shape index (κ1) is 14.8. The van der Waals surface area contributed by atoms with Gasteiger partial charge in [0.1, 0.15) is 5.82 Å². The summed E-state index contributed by atoms with van der Waals surface area (Å²) >= 11 is 0. The Hall–Kier alpha value is -1.59. The van der Waals surface area contributed by atoms with Crippen molar-refractivity contribution in [2.75, 3.05) is 6.61 Å². The van der Waals surface area contributed by atoms with Crippen molar-refractivity contribution in [2.45, 2.75) is 31.9 Å². The van der Waals surface area contributed by atoms with E-state index in [1.54, 1.807) is 0 Å². The number of rotatable bonds is 3. The fourth-order valence-electron chi connectivity index (χ4n) is 2.32. The molecule has 20 heavy (non-hydrogen) atoms. The maximum absolute atomic E-state index is 13.1. The molecule has 0 bridgehead atoms.